The van der Waals surface area contributed by atoms with E-state index in [-0.39, 0.29) is 43.4 Å². The number of benzene rings is 1. The van der Waals surface area contributed by atoms with Crippen molar-refractivity contribution in [3.63, 3.8) is 0 Å². The Labute approximate surface area is 188 Å². The maximum atomic E-state index is 12.2. The molecule has 9 heteroatoms. The highest BCUT2D eigenvalue weighted by Crippen LogP contribution is 2.32. The summed E-state index contributed by atoms with van der Waals surface area (Å²) in [7, 11) is 0. The van der Waals surface area contributed by atoms with Crippen LogP contribution in [0, 0.1) is 0 Å². The van der Waals surface area contributed by atoms with Gasteiger partial charge < -0.3 is 15.5 Å². The summed E-state index contributed by atoms with van der Waals surface area (Å²) in [4.78, 5) is 43.7. The Balaban J connectivity index is 1.20. The minimum absolute atomic E-state index is 0.0331. The third kappa shape index (κ3) is 5.68. The fraction of sp³-hybridized carbons (Fsp3) is 0.364. The first kappa shape index (κ1) is 21.5. The molecule has 0 spiro atoms. The number of thiophene rings is 1. The van der Waals surface area contributed by atoms with E-state index in [0.717, 1.165) is 34.1 Å². The van der Waals surface area contributed by atoms with Gasteiger partial charge in [-0.05, 0) is 42.5 Å². The van der Waals surface area contributed by atoms with E-state index in [1.54, 1.807) is 17.4 Å². The lowest BCUT2D eigenvalue weighted by atomic mass is 10.2. The smallest absolute Gasteiger partial charge is 0.226 e. The Morgan fingerprint density at radius 1 is 1.03 bits per heavy atom. The summed E-state index contributed by atoms with van der Waals surface area (Å²) < 4.78 is 1.04. The van der Waals surface area contributed by atoms with E-state index < -0.39 is 0 Å². The van der Waals surface area contributed by atoms with Crippen LogP contribution in [0.2, 0.25) is 0 Å². The lowest BCUT2D eigenvalue weighted by Gasteiger charge is -2.11. The van der Waals surface area contributed by atoms with Crippen LogP contribution in [-0.2, 0) is 9.59 Å². The van der Waals surface area contributed by atoms with E-state index in [0.29, 0.717) is 4.88 Å². The van der Waals surface area contributed by atoms with Gasteiger partial charge in [0, 0.05) is 44.6 Å². The number of nitrogens with zero attached hydrogens (tertiary/aromatic N) is 2. The molecular weight excluding hydrogens is 432 g/mol. The van der Waals surface area contributed by atoms with Gasteiger partial charge in [-0.1, -0.05) is 17.4 Å². The number of hydrogen-bond donors (Lipinski definition) is 2. The Morgan fingerprint density at radius 2 is 1.87 bits per heavy atom. The second-order valence-electron chi connectivity index (χ2n) is 7.42. The largest absolute Gasteiger partial charge is 0.356 e. The second-order valence-corrected chi connectivity index (χ2v) is 9.38. The zero-order valence-corrected chi connectivity index (χ0v) is 18.7. The number of rotatable bonds is 9. The number of thiazole rings is 1. The normalized spacial score (nSPS) is 13.5. The molecule has 31 heavy (non-hydrogen) atoms. The summed E-state index contributed by atoms with van der Waals surface area (Å²) in [6.45, 7) is 2.34. The highest BCUT2D eigenvalue weighted by molar-refractivity contribution is 7.22. The van der Waals surface area contributed by atoms with Crippen LogP contribution >= 0.6 is 22.7 Å². The molecule has 0 bridgehead atoms. The van der Waals surface area contributed by atoms with Gasteiger partial charge >= 0.3 is 0 Å². The molecule has 1 saturated heterocycles. The monoisotopic (exact) mass is 456 g/mol. The maximum absolute atomic E-state index is 12.2. The van der Waals surface area contributed by atoms with Gasteiger partial charge in [-0.2, -0.15) is 0 Å². The number of hydrogen-bond acceptors (Lipinski definition) is 7. The van der Waals surface area contributed by atoms with Crippen molar-refractivity contribution in [2.24, 2.45) is 0 Å². The van der Waals surface area contributed by atoms with Crippen LogP contribution < -0.4 is 15.5 Å². The Hall–Kier alpha value is -2.78. The highest BCUT2D eigenvalue weighted by atomic mass is 32.1. The van der Waals surface area contributed by atoms with Crippen molar-refractivity contribution < 1.29 is 14.4 Å². The van der Waals surface area contributed by atoms with E-state index in [1.807, 2.05) is 29.6 Å². The first-order valence-electron chi connectivity index (χ1n) is 10.4. The van der Waals surface area contributed by atoms with Gasteiger partial charge in [0.05, 0.1) is 15.1 Å². The molecule has 1 aliphatic rings. The lowest BCUT2D eigenvalue weighted by Crippen LogP contribution is -2.27. The summed E-state index contributed by atoms with van der Waals surface area (Å²) in [6.07, 6.45) is 2.88. The number of nitrogens with one attached hydrogen (secondary N) is 2. The van der Waals surface area contributed by atoms with Crippen LogP contribution in [0.4, 0.5) is 10.8 Å². The molecule has 7 nitrogen and oxygen atoms in total. The number of anilines is 2. The van der Waals surface area contributed by atoms with Gasteiger partial charge in [0.2, 0.25) is 11.8 Å². The molecule has 3 aromatic rings. The van der Waals surface area contributed by atoms with Gasteiger partial charge in [-0.3, -0.25) is 14.4 Å². The molecule has 0 unspecified atom stereocenters. The quantitative estimate of drug-likeness (QED) is 0.474. The third-order valence-corrected chi connectivity index (χ3v) is 7.08. The summed E-state index contributed by atoms with van der Waals surface area (Å²) in [5.41, 5.74) is 1.66. The molecule has 1 aliphatic heterocycles. The van der Waals surface area contributed by atoms with Crippen LogP contribution in [-0.4, -0.2) is 42.2 Å². The lowest BCUT2D eigenvalue weighted by molar-refractivity contribution is -0.121. The van der Waals surface area contributed by atoms with Crippen molar-refractivity contribution in [1.82, 2.24) is 10.3 Å². The number of carbonyl (C=O) groups excluding carboxylic acids is 3. The number of fused-ring (bicyclic) bond motifs is 1. The first-order valence-corrected chi connectivity index (χ1v) is 12.1. The molecule has 3 heterocycles. The fourth-order valence-corrected chi connectivity index (χ4v) is 5.20. The SMILES string of the molecule is O=C(CCC(=O)c1cccs1)NCCC(=O)Nc1ccc2nc(N3CCCC3)sc2c1. The molecule has 0 saturated carbocycles. The molecule has 1 fully saturated rings. The molecule has 0 aliphatic carbocycles. The standard InChI is InChI=1S/C22H24N4O3S2/c27-17(18-4-3-13-30-18)7-8-20(28)23-10-9-21(29)24-15-5-6-16-19(14-15)31-22(25-16)26-11-1-2-12-26/h3-6,13-14H,1-2,7-12H2,(H,23,28)(H,24,29). The molecule has 162 valence electrons. The van der Waals surface area contributed by atoms with Crippen LogP contribution in [0.5, 0.6) is 0 Å². The molecule has 2 N–H and O–H groups in total. The number of carbonyl (C=O) groups is 3. The van der Waals surface area contributed by atoms with E-state index in [4.69, 9.17) is 4.98 Å². The van der Waals surface area contributed by atoms with Crippen LogP contribution in [0.25, 0.3) is 10.2 Å². The average molecular weight is 457 g/mol. The molecule has 4 rings (SSSR count). The van der Waals surface area contributed by atoms with Gasteiger partial charge in [0.1, 0.15) is 0 Å². The minimum atomic E-state index is -0.224. The van der Waals surface area contributed by atoms with Crippen LogP contribution in [0.3, 0.4) is 0 Å². The minimum Gasteiger partial charge on any atom is -0.356 e. The van der Waals surface area contributed by atoms with E-state index >= 15 is 0 Å². The maximum Gasteiger partial charge on any atom is 0.226 e. The Kier molecular flexibility index (Phi) is 6.93. The topological polar surface area (TPSA) is 91.4 Å². The van der Waals surface area contributed by atoms with Gasteiger partial charge in [-0.15, -0.1) is 11.3 Å². The summed E-state index contributed by atoms with van der Waals surface area (Å²) in [6, 6.07) is 9.29. The number of amides is 2. The average Bonchev–Trinajstić information content (AvgIpc) is 3.52. The zero-order valence-electron chi connectivity index (χ0n) is 17.1. The van der Waals surface area contributed by atoms with Crippen molar-refractivity contribution in [3.8, 4) is 0 Å². The predicted octanol–water partition coefficient (Wildman–Crippen LogP) is 4.07. The van der Waals surface area contributed by atoms with E-state index in [1.165, 1.54) is 24.2 Å². The van der Waals surface area contributed by atoms with Crippen molar-refractivity contribution in [3.05, 3.63) is 40.6 Å². The molecule has 2 aromatic heterocycles. The van der Waals surface area contributed by atoms with Gasteiger partial charge in [-0.25, -0.2) is 4.98 Å². The van der Waals surface area contributed by atoms with Crippen LogP contribution in [0.15, 0.2) is 35.7 Å². The van der Waals surface area contributed by atoms with Crippen molar-refractivity contribution in [2.75, 3.05) is 29.9 Å². The zero-order chi connectivity index (χ0) is 21.6. The summed E-state index contributed by atoms with van der Waals surface area (Å²) in [5.74, 6) is -0.425. The van der Waals surface area contributed by atoms with Gasteiger partial charge in [0.25, 0.3) is 0 Å². The molecular formula is C22H24N4O3S2. The second kappa shape index (κ2) is 10.0. The molecule has 0 atom stereocenters. The predicted molar refractivity (Wildman–Crippen MR) is 125 cm³/mol. The highest BCUT2D eigenvalue weighted by Gasteiger charge is 2.16. The number of ketones is 1. The number of Topliss-reactive ketones (excluding diaryl/α,β-unsaturated/α-hetero) is 1. The number of aromatic nitrogens is 1. The first-order chi connectivity index (χ1) is 15.1. The van der Waals surface area contributed by atoms with Gasteiger partial charge in [0.15, 0.2) is 10.9 Å². The Bertz CT molecular complexity index is 1070. The third-order valence-electron chi connectivity index (χ3n) is 5.09. The van der Waals surface area contributed by atoms with Crippen molar-refractivity contribution in [1.29, 1.82) is 0 Å². The Morgan fingerprint density at radius 3 is 2.65 bits per heavy atom. The van der Waals surface area contributed by atoms with Crippen LogP contribution in [0.1, 0.15) is 41.8 Å². The molecule has 2 amide bonds. The fourth-order valence-electron chi connectivity index (χ4n) is 3.45. The van der Waals surface area contributed by atoms with E-state index in [9.17, 15) is 14.4 Å². The van der Waals surface area contributed by atoms with Crippen molar-refractivity contribution >= 4 is 61.3 Å². The van der Waals surface area contributed by atoms with E-state index in [2.05, 4.69) is 15.5 Å². The molecule has 1 aromatic carbocycles. The summed E-state index contributed by atoms with van der Waals surface area (Å²) >= 11 is 3.02. The summed E-state index contributed by atoms with van der Waals surface area (Å²) in [5, 5.41) is 8.46. The van der Waals surface area contributed by atoms with Crippen molar-refractivity contribution in [2.45, 2.75) is 32.1 Å². The molecule has 0 radical (unpaired) electrons.